The summed E-state index contributed by atoms with van der Waals surface area (Å²) in [7, 11) is 0. The maximum absolute atomic E-state index is 12.4. The molecule has 0 saturated carbocycles. The second-order valence-electron chi connectivity index (χ2n) is 5.39. The van der Waals surface area contributed by atoms with E-state index in [0.29, 0.717) is 48.5 Å². The quantitative estimate of drug-likeness (QED) is 0.870. The molecule has 2 heterocycles. The Labute approximate surface area is 132 Å². The van der Waals surface area contributed by atoms with Crippen LogP contribution in [0.2, 0.25) is 10.0 Å². The average Bonchev–Trinajstić information content (AvgIpc) is 2.87. The number of hydrogen-bond donors (Lipinski definition) is 2. The lowest BCUT2D eigenvalue weighted by Gasteiger charge is -2.32. The van der Waals surface area contributed by atoms with Crippen LogP contribution in [-0.2, 0) is 9.53 Å². The van der Waals surface area contributed by atoms with Gasteiger partial charge in [-0.1, -0.05) is 29.3 Å². The summed E-state index contributed by atoms with van der Waals surface area (Å²) in [6, 6.07) is 3.25. The van der Waals surface area contributed by atoms with E-state index in [1.807, 2.05) is 6.07 Å². The fourth-order valence-corrected chi connectivity index (χ4v) is 2.98. The summed E-state index contributed by atoms with van der Waals surface area (Å²) in [5.41, 5.74) is 6.12. The first-order valence-corrected chi connectivity index (χ1v) is 7.55. The minimum absolute atomic E-state index is 0.182. The number of rotatable bonds is 2. The van der Waals surface area contributed by atoms with Crippen molar-refractivity contribution in [3.8, 4) is 5.75 Å². The molecule has 2 aliphatic rings. The standard InChI is InChI=1S/C14H16Cl2N2O3/c15-9-2-1-8-10(7-21-12(8)11(9)16)18-13(19)14(17)3-5-20-6-4-14/h1-2,10H,3-7,17H2,(H,18,19). The van der Waals surface area contributed by atoms with Crippen molar-refractivity contribution >= 4 is 29.1 Å². The zero-order valence-corrected chi connectivity index (χ0v) is 12.8. The molecule has 0 aromatic heterocycles. The number of nitrogens with one attached hydrogen (secondary N) is 1. The highest BCUT2D eigenvalue weighted by molar-refractivity contribution is 6.43. The van der Waals surface area contributed by atoms with Gasteiger partial charge < -0.3 is 20.5 Å². The fourth-order valence-electron chi connectivity index (χ4n) is 2.61. The molecular formula is C14H16Cl2N2O3. The molecule has 7 heteroatoms. The van der Waals surface area contributed by atoms with E-state index in [1.165, 1.54) is 0 Å². The number of benzene rings is 1. The van der Waals surface area contributed by atoms with E-state index >= 15 is 0 Å². The third-order valence-corrected chi connectivity index (χ3v) is 4.78. The molecule has 3 N–H and O–H groups in total. The lowest BCUT2D eigenvalue weighted by Crippen LogP contribution is -2.57. The van der Waals surface area contributed by atoms with Gasteiger partial charge in [0, 0.05) is 18.8 Å². The Bertz CT molecular complexity index is 574. The van der Waals surface area contributed by atoms with Crippen molar-refractivity contribution in [1.82, 2.24) is 5.32 Å². The lowest BCUT2D eigenvalue weighted by atomic mass is 9.90. The monoisotopic (exact) mass is 330 g/mol. The van der Waals surface area contributed by atoms with Crippen LogP contribution >= 0.6 is 23.2 Å². The van der Waals surface area contributed by atoms with Crippen LogP contribution in [0.1, 0.15) is 24.4 Å². The van der Waals surface area contributed by atoms with Gasteiger partial charge in [0.2, 0.25) is 5.91 Å². The first-order valence-electron chi connectivity index (χ1n) is 6.79. The van der Waals surface area contributed by atoms with Gasteiger partial charge >= 0.3 is 0 Å². The maximum atomic E-state index is 12.4. The van der Waals surface area contributed by atoms with Crippen LogP contribution in [0.15, 0.2) is 12.1 Å². The Morgan fingerprint density at radius 2 is 2.05 bits per heavy atom. The van der Waals surface area contributed by atoms with E-state index in [0.717, 1.165) is 5.56 Å². The van der Waals surface area contributed by atoms with E-state index in [4.69, 9.17) is 38.4 Å². The SMILES string of the molecule is NC1(C(=O)NC2COc3c2ccc(Cl)c3Cl)CCOCC1. The smallest absolute Gasteiger partial charge is 0.240 e. The average molecular weight is 331 g/mol. The molecule has 0 radical (unpaired) electrons. The van der Waals surface area contributed by atoms with Crippen molar-refractivity contribution in [2.45, 2.75) is 24.4 Å². The molecule has 114 valence electrons. The molecule has 21 heavy (non-hydrogen) atoms. The van der Waals surface area contributed by atoms with Crippen LogP contribution in [0.4, 0.5) is 0 Å². The number of halogens is 2. The Kier molecular flexibility index (Phi) is 4.01. The van der Waals surface area contributed by atoms with Crippen molar-refractivity contribution in [3.05, 3.63) is 27.7 Å². The Morgan fingerprint density at radius 1 is 1.33 bits per heavy atom. The Morgan fingerprint density at radius 3 is 2.76 bits per heavy atom. The topological polar surface area (TPSA) is 73.6 Å². The molecule has 1 aromatic rings. The maximum Gasteiger partial charge on any atom is 0.240 e. The van der Waals surface area contributed by atoms with E-state index in [-0.39, 0.29) is 11.9 Å². The molecule has 5 nitrogen and oxygen atoms in total. The van der Waals surface area contributed by atoms with Gasteiger partial charge in [-0.05, 0) is 18.9 Å². The molecule has 2 aliphatic heterocycles. The van der Waals surface area contributed by atoms with Crippen LogP contribution in [0.3, 0.4) is 0 Å². The summed E-state index contributed by atoms with van der Waals surface area (Å²) >= 11 is 12.1. The van der Waals surface area contributed by atoms with Crippen LogP contribution in [0.5, 0.6) is 5.75 Å². The number of carbonyl (C=O) groups excluding carboxylic acids is 1. The third kappa shape index (κ3) is 2.71. The summed E-state index contributed by atoms with van der Waals surface area (Å²) in [5.74, 6) is 0.353. The third-order valence-electron chi connectivity index (χ3n) is 3.99. The zero-order chi connectivity index (χ0) is 15.0. The molecule has 0 bridgehead atoms. The van der Waals surface area contributed by atoms with Gasteiger partial charge in [0.25, 0.3) is 0 Å². The summed E-state index contributed by atoms with van der Waals surface area (Å²) in [6.45, 7) is 1.33. The Balaban J connectivity index is 1.76. The molecule has 3 rings (SSSR count). The van der Waals surface area contributed by atoms with E-state index in [1.54, 1.807) is 6.07 Å². The van der Waals surface area contributed by atoms with Crippen molar-refractivity contribution in [2.75, 3.05) is 19.8 Å². The van der Waals surface area contributed by atoms with E-state index < -0.39 is 5.54 Å². The molecule has 1 amide bonds. The summed E-state index contributed by atoms with van der Waals surface area (Å²) in [6.07, 6.45) is 1.03. The van der Waals surface area contributed by atoms with Gasteiger partial charge in [-0.25, -0.2) is 0 Å². The molecule has 1 aromatic carbocycles. The first-order chi connectivity index (χ1) is 10.0. The summed E-state index contributed by atoms with van der Waals surface area (Å²) in [5, 5.41) is 3.75. The van der Waals surface area contributed by atoms with Gasteiger partial charge in [0.15, 0.2) is 0 Å². The second kappa shape index (κ2) is 5.65. The highest BCUT2D eigenvalue weighted by Gasteiger charge is 2.38. The molecule has 1 saturated heterocycles. The van der Waals surface area contributed by atoms with Gasteiger partial charge in [0.05, 0.1) is 16.6 Å². The minimum atomic E-state index is -0.878. The minimum Gasteiger partial charge on any atom is -0.489 e. The van der Waals surface area contributed by atoms with E-state index in [2.05, 4.69) is 5.32 Å². The molecule has 1 fully saturated rings. The molecule has 1 unspecified atom stereocenters. The van der Waals surface area contributed by atoms with E-state index in [9.17, 15) is 4.79 Å². The van der Waals surface area contributed by atoms with Gasteiger partial charge in [-0.2, -0.15) is 0 Å². The number of fused-ring (bicyclic) bond motifs is 1. The van der Waals surface area contributed by atoms with Crippen molar-refractivity contribution in [1.29, 1.82) is 0 Å². The summed E-state index contributed by atoms with van der Waals surface area (Å²) < 4.78 is 10.8. The van der Waals surface area contributed by atoms with Crippen LogP contribution < -0.4 is 15.8 Å². The highest BCUT2D eigenvalue weighted by atomic mass is 35.5. The largest absolute Gasteiger partial charge is 0.489 e. The van der Waals surface area contributed by atoms with Gasteiger partial charge in [-0.3, -0.25) is 4.79 Å². The zero-order valence-electron chi connectivity index (χ0n) is 11.3. The predicted molar refractivity (Wildman–Crippen MR) is 79.8 cm³/mol. The van der Waals surface area contributed by atoms with Crippen molar-refractivity contribution in [3.63, 3.8) is 0 Å². The van der Waals surface area contributed by atoms with Gasteiger partial charge in [-0.15, -0.1) is 0 Å². The summed E-state index contributed by atoms with van der Waals surface area (Å²) in [4.78, 5) is 12.4. The normalized spacial score (nSPS) is 23.3. The number of hydrogen-bond acceptors (Lipinski definition) is 4. The lowest BCUT2D eigenvalue weighted by molar-refractivity contribution is -0.130. The number of carbonyl (C=O) groups is 1. The Hall–Kier alpha value is -1.01. The van der Waals surface area contributed by atoms with Crippen LogP contribution in [-0.4, -0.2) is 31.3 Å². The van der Waals surface area contributed by atoms with Crippen LogP contribution in [0, 0.1) is 0 Å². The second-order valence-corrected chi connectivity index (χ2v) is 6.17. The first kappa shape index (κ1) is 14.9. The molecule has 0 spiro atoms. The molecule has 0 aliphatic carbocycles. The molecular weight excluding hydrogens is 315 g/mol. The number of ether oxygens (including phenoxy) is 2. The fraction of sp³-hybridized carbons (Fsp3) is 0.500. The predicted octanol–water partition coefficient (Wildman–Crippen LogP) is 2.05. The van der Waals surface area contributed by atoms with Crippen molar-refractivity contribution in [2.24, 2.45) is 5.73 Å². The molecule has 1 atom stereocenters. The van der Waals surface area contributed by atoms with Gasteiger partial charge in [0.1, 0.15) is 17.4 Å². The number of nitrogens with two attached hydrogens (primary N) is 1. The van der Waals surface area contributed by atoms with Crippen LogP contribution in [0.25, 0.3) is 0 Å². The highest BCUT2D eigenvalue weighted by Crippen LogP contribution is 2.42. The van der Waals surface area contributed by atoms with Crippen molar-refractivity contribution < 1.29 is 14.3 Å². The number of amides is 1.